The average molecular weight is 242 g/mol. The molecule has 4 heteroatoms. The van der Waals surface area contributed by atoms with Gasteiger partial charge in [-0.1, -0.05) is 6.07 Å². The Labute approximate surface area is 99.5 Å². The maximum Gasteiger partial charge on any atom is 0.159 e. The highest BCUT2D eigenvalue weighted by Gasteiger charge is 2.26. The summed E-state index contributed by atoms with van der Waals surface area (Å²) >= 11 is 0. The van der Waals surface area contributed by atoms with E-state index in [1.807, 2.05) is 0 Å². The van der Waals surface area contributed by atoms with Crippen molar-refractivity contribution in [1.29, 1.82) is 0 Å². The van der Waals surface area contributed by atoms with E-state index in [2.05, 4.69) is 0 Å². The minimum atomic E-state index is -0.817. The lowest BCUT2D eigenvalue weighted by molar-refractivity contribution is 0.0250. The summed E-state index contributed by atoms with van der Waals surface area (Å²) in [6.07, 6.45) is 2.67. The molecule has 0 saturated carbocycles. The molecule has 1 fully saturated rings. The summed E-state index contributed by atoms with van der Waals surface area (Å²) in [4.78, 5) is 0. The van der Waals surface area contributed by atoms with Gasteiger partial charge in [0, 0.05) is 13.7 Å². The average Bonchev–Trinajstić information content (AvgIpc) is 2.79. The zero-order valence-corrected chi connectivity index (χ0v) is 9.79. The number of benzene rings is 1. The summed E-state index contributed by atoms with van der Waals surface area (Å²) in [5.74, 6) is -1.63. The zero-order chi connectivity index (χ0) is 12.3. The predicted octanol–water partition coefficient (Wildman–Crippen LogP) is 3.22. The van der Waals surface area contributed by atoms with Gasteiger partial charge in [0.15, 0.2) is 11.6 Å². The van der Waals surface area contributed by atoms with Crippen LogP contribution in [0.1, 0.15) is 30.9 Å². The van der Waals surface area contributed by atoms with Gasteiger partial charge >= 0.3 is 0 Å². The number of halogens is 2. The number of methoxy groups -OCH3 is 1. The Morgan fingerprint density at radius 1 is 1.29 bits per heavy atom. The molecule has 1 saturated heterocycles. The van der Waals surface area contributed by atoms with Crippen molar-refractivity contribution in [2.75, 3.05) is 13.7 Å². The Balaban J connectivity index is 1.97. The van der Waals surface area contributed by atoms with Gasteiger partial charge in [0.2, 0.25) is 0 Å². The number of ether oxygens (including phenoxy) is 2. The molecule has 1 aliphatic rings. The highest BCUT2D eigenvalue weighted by Crippen LogP contribution is 2.34. The van der Waals surface area contributed by atoms with Crippen LogP contribution in [0.4, 0.5) is 8.78 Å². The van der Waals surface area contributed by atoms with Gasteiger partial charge in [-0.25, -0.2) is 8.78 Å². The topological polar surface area (TPSA) is 18.5 Å². The van der Waals surface area contributed by atoms with Gasteiger partial charge in [-0.2, -0.15) is 0 Å². The maximum absolute atomic E-state index is 13.1. The largest absolute Gasteiger partial charge is 0.385 e. The van der Waals surface area contributed by atoms with E-state index in [1.54, 1.807) is 13.2 Å². The van der Waals surface area contributed by atoms with E-state index in [1.165, 1.54) is 6.07 Å². The first-order chi connectivity index (χ1) is 8.20. The Bertz CT molecular complexity index is 382. The fourth-order valence-electron chi connectivity index (χ4n) is 2.13. The van der Waals surface area contributed by atoms with Crippen molar-refractivity contribution in [3.63, 3.8) is 0 Å². The second-order valence-electron chi connectivity index (χ2n) is 4.28. The van der Waals surface area contributed by atoms with E-state index in [0.717, 1.165) is 25.3 Å². The van der Waals surface area contributed by atoms with Crippen molar-refractivity contribution in [2.45, 2.75) is 31.5 Å². The molecule has 17 heavy (non-hydrogen) atoms. The molecule has 2 rings (SSSR count). The zero-order valence-electron chi connectivity index (χ0n) is 9.79. The molecule has 94 valence electrons. The van der Waals surface area contributed by atoms with Crippen LogP contribution in [0, 0.1) is 11.6 Å². The molecule has 2 atom stereocenters. The molecule has 1 aromatic rings. The molecule has 0 N–H and O–H groups in total. The first-order valence-electron chi connectivity index (χ1n) is 5.80. The molecule has 2 nitrogen and oxygen atoms in total. The van der Waals surface area contributed by atoms with Crippen molar-refractivity contribution in [2.24, 2.45) is 0 Å². The Hall–Kier alpha value is -1.00. The fraction of sp³-hybridized carbons (Fsp3) is 0.538. The SMILES string of the molecule is COCC[C@H]1CC[C@@H](c2ccc(F)c(F)c2)O1. The third-order valence-corrected chi connectivity index (χ3v) is 3.07. The van der Waals surface area contributed by atoms with E-state index in [9.17, 15) is 8.78 Å². The van der Waals surface area contributed by atoms with Crippen LogP contribution in [0.2, 0.25) is 0 Å². The van der Waals surface area contributed by atoms with Crippen LogP contribution < -0.4 is 0 Å². The Kier molecular flexibility index (Phi) is 4.07. The summed E-state index contributed by atoms with van der Waals surface area (Å²) in [6.45, 7) is 0.662. The van der Waals surface area contributed by atoms with Crippen LogP contribution in [0.5, 0.6) is 0 Å². The molecule has 1 heterocycles. The molecule has 0 spiro atoms. The van der Waals surface area contributed by atoms with Crippen molar-refractivity contribution in [1.82, 2.24) is 0 Å². The lowest BCUT2D eigenvalue weighted by Crippen LogP contribution is -2.09. The van der Waals surface area contributed by atoms with Crippen LogP contribution >= 0.6 is 0 Å². The van der Waals surface area contributed by atoms with Crippen molar-refractivity contribution in [3.05, 3.63) is 35.4 Å². The molecule has 0 radical (unpaired) electrons. The van der Waals surface area contributed by atoms with E-state index in [4.69, 9.17) is 9.47 Å². The first kappa shape index (κ1) is 12.5. The summed E-state index contributed by atoms with van der Waals surface area (Å²) in [7, 11) is 1.65. The summed E-state index contributed by atoms with van der Waals surface area (Å²) in [5, 5.41) is 0. The van der Waals surface area contributed by atoms with Gasteiger partial charge in [-0.15, -0.1) is 0 Å². The smallest absolute Gasteiger partial charge is 0.159 e. The predicted molar refractivity (Wildman–Crippen MR) is 59.7 cm³/mol. The van der Waals surface area contributed by atoms with Crippen molar-refractivity contribution >= 4 is 0 Å². The van der Waals surface area contributed by atoms with Crippen LogP contribution in [0.3, 0.4) is 0 Å². The lowest BCUT2D eigenvalue weighted by Gasteiger charge is -2.13. The minimum absolute atomic E-state index is 0.119. The molecule has 1 aromatic carbocycles. The van der Waals surface area contributed by atoms with E-state index in [0.29, 0.717) is 12.2 Å². The van der Waals surface area contributed by atoms with Gasteiger partial charge in [0.1, 0.15) is 0 Å². The molecule has 0 unspecified atom stereocenters. The third kappa shape index (κ3) is 3.01. The number of hydrogen-bond donors (Lipinski definition) is 0. The van der Waals surface area contributed by atoms with Crippen molar-refractivity contribution in [3.8, 4) is 0 Å². The summed E-state index contributed by atoms with van der Waals surface area (Å²) in [5.41, 5.74) is 0.712. The molecule has 0 bridgehead atoms. The standard InChI is InChI=1S/C13H16F2O2/c1-16-7-6-10-3-5-13(17-10)9-2-4-11(14)12(15)8-9/h2,4,8,10,13H,3,5-7H2,1H3/t10-,13+/m1/s1. The molecule has 1 aliphatic heterocycles. The number of hydrogen-bond acceptors (Lipinski definition) is 2. The van der Waals surface area contributed by atoms with Crippen molar-refractivity contribution < 1.29 is 18.3 Å². The minimum Gasteiger partial charge on any atom is -0.385 e. The highest BCUT2D eigenvalue weighted by atomic mass is 19.2. The maximum atomic E-state index is 13.1. The lowest BCUT2D eigenvalue weighted by atomic mass is 10.1. The van der Waals surface area contributed by atoms with E-state index >= 15 is 0 Å². The third-order valence-electron chi connectivity index (χ3n) is 3.07. The Morgan fingerprint density at radius 2 is 2.12 bits per heavy atom. The molecule has 0 amide bonds. The second kappa shape index (κ2) is 5.56. The van der Waals surface area contributed by atoms with Crippen LogP contribution in [-0.4, -0.2) is 19.8 Å². The highest BCUT2D eigenvalue weighted by molar-refractivity contribution is 5.20. The molecular weight excluding hydrogens is 226 g/mol. The number of rotatable bonds is 4. The van der Waals surface area contributed by atoms with Gasteiger partial charge < -0.3 is 9.47 Å². The second-order valence-corrected chi connectivity index (χ2v) is 4.28. The van der Waals surface area contributed by atoms with Gasteiger partial charge in [-0.3, -0.25) is 0 Å². The quantitative estimate of drug-likeness (QED) is 0.807. The molecule has 0 aromatic heterocycles. The molecule has 0 aliphatic carbocycles. The fourth-order valence-corrected chi connectivity index (χ4v) is 2.13. The molecular formula is C13H16F2O2. The monoisotopic (exact) mass is 242 g/mol. The van der Waals surface area contributed by atoms with Crippen LogP contribution in [0.25, 0.3) is 0 Å². The first-order valence-corrected chi connectivity index (χ1v) is 5.80. The van der Waals surface area contributed by atoms with Gasteiger partial charge in [0.25, 0.3) is 0 Å². The summed E-state index contributed by atoms with van der Waals surface area (Å²) in [6, 6.07) is 3.96. The van der Waals surface area contributed by atoms with Crippen LogP contribution in [0.15, 0.2) is 18.2 Å². The van der Waals surface area contributed by atoms with Crippen LogP contribution in [-0.2, 0) is 9.47 Å². The van der Waals surface area contributed by atoms with Gasteiger partial charge in [-0.05, 0) is 37.0 Å². The van der Waals surface area contributed by atoms with E-state index in [-0.39, 0.29) is 12.2 Å². The normalized spacial score (nSPS) is 24.2. The summed E-state index contributed by atoms with van der Waals surface area (Å²) < 4.78 is 36.6. The Morgan fingerprint density at radius 3 is 2.82 bits per heavy atom. The van der Waals surface area contributed by atoms with Gasteiger partial charge in [0.05, 0.1) is 12.2 Å². The van der Waals surface area contributed by atoms with E-state index < -0.39 is 11.6 Å².